The quantitative estimate of drug-likeness (QED) is 0.868. The van der Waals surface area contributed by atoms with Gasteiger partial charge in [0.15, 0.2) is 0 Å². The molecule has 90 valence electrons. The number of aromatic nitrogens is 2. The summed E-state index contributed by atoms with van der Waals surface area (Å²) in [7, 11) is 0. The molecule has 17 heavy (non-hydrogen) atoms. The number of pyridine rings is 1. The fourth-order valence-corrected chi connectivity index (χ4v) is 1.64. The second-order valence-electron chi connectivity index (χ2n) is 3.77. The highest BCUT2D eigenvalue weighted by atomic mass is 35.5. The number of fused-ring (bicyclic) bond motifs is 1. The Kier molecular flexibility index (Phi) is 3.31. The normalized spacial score (nSPS) is 12.8. The van der Waals surface area contributed by atoms with E-state index in [0.717, 1.165) is 11.3 Å². The number of rotatable bonds is 4. The zero-order valence-corrected chi connectivity index (χ0v) is 9.98. The van der Waals surface area contributed by atoms with Crippen molar-refractivity contribution in [2.45, 2.75) is 19.5 Å². The molecule has 1 atom stereocenters. The van der Waals surface area contributed by atoms with Crippen molar-refractivity contribution in [1.29, 1.82) is 0 Å². The van der Waals surface area contributed by atoms with Gasteiger partial charge >= 0.3 is 5.97 Å². The van der Waals surface area contributed by atoms with Crippen LogP contribution in [-0.2, 0) is 11.3 Å². The van der Waals surface area contributed by atoms with Crippen LogP contribution in [0.4, 0.5) is 0 Å². The van der Waals surface area contributed by atoms with Gasteiger partial charge in [-0.05, 0) is 19.1 Å². The van der Waals surface area contributed by atoms with E-state index in [1.807, 2.05) is 10.5 Å². The molecular weight excluding hydrogens is 242 g/mol. The Bertz CT molecular complexity index is 553. The van der Waals surface area contributed by atoms with Crippen LogP contribution in [-0.4, -0.2) is 26.5 Å². The Balaban J connectivity index is 2.19. The average molecular weight is 254 g/mol. The van der Waals surface area contributed by atoms with Crippen molar-refractivity contribution >= 4 is 23.2 Å². The molecule has 0 aliphatic carbocycles. The number of carbonyl (C=O) groups is 1. The summed E-state index contributed by atoms with van der Waals surface area (Å²) in [4.78, 5) is 14.9. The van der Waals surface area contributed by atoms with E-state index < -0.39 is 12.0 Å². The highest BCUT2D eigenvalue weighted by Gasteiger charge is 2.11. The maximum atomic E-state index is 10.7. The molecular formula is C11H12ClN3O2. The molecule has 2 aromatic heterocycles. The number of halogens is 1. The minimum absolute atomic E-state index is 0.426. The van der Waals surface area contributed by atoms with E-state index in [2.05, 4.69) is 10.3 Å². The lowest BCUT2D eigenvalue weighted by molar-refractivity contribution is -0.139. The van der Waals surface area contributed by atoms with Crippen molar-refractivity contribution in [3.05, 3.63) is 35.2 Å². The fraction of sp³-hybridized carbons (Fsp3) is 0.273. The Morgan fingerprint density at radius 3 is 3.12 bits per heavy atom. The van der Waals surface area contributed by atoms with E-state index in [0.29, 0.717) is 11.6 Å². The van der Waals surface area contributed by atoms with Crippen LogP contribution in [0.2, 0.25) is 5.02 Å². The average Bonchev–Trinajstić information content (AvgIpc) is 2.68. The molecule has 2 heterocycles. The largest absolute Gasteiger partial charge is 0.480 e. The molecule has 5 nitrogen and oxygen atoms in total. The van der Waals surface area contributed by atoms with Crippen LogP contribution in [0.5, 0.6) is 0 Å². The van der Waals surface area contributed by atoms with Crippen LogP contribution >= 0.6 is 11.6 Å². The minimum atomic E-state index is -0.878. The predicted molar refractivity (Wildman–Crippen MR) is 64.1 cm³/mol. The molecule has 2 N–H and O–H groups in total. The molecule has 2 aromatic rings. The van der Waals surface area contributed by atoms with Crippen molar-refractivity contribution in [2.75, 3.05) is 0 Å². The zero-order chi connectivity index (χ0) is 12.4. The predicted octanol–water partition coefficient (Wildman–Crippen LogP) is 1.55. The monoisotopic (exact) mass is 253 g/mol. The van der Waals surface area contributed by atoms with Gasteiger partial charge in [-0.1, -0.05) is 11.6 Å². The van der Waals surface area contributed by atoms with E-state index in [9.17, 15) is 4.79 Å². The van der Waals surface area contributed by atoms with E-state index >= 15 is 0 Å². The summed E-state index contributed by atoms with van der Waals surface area (Å²) in [6, 6.07) is 2.98. The standard InChI is InChI=1S/C11H12ClN3O2/c1-7(11(16)17)13-4-9-5-14-10-3-2-8(12)6-15(9)10/h2-3,5-7,13H,4H2,1H3,(H,16,17)/t7-/m1/s1. The lowest BCUT2D eigenvalue weighted by atomic mass is 10.3. The summed E-state index contributed by atoms with van der Waals surface area (Å²) in [6.07, 6.45) is 3.46. The van der Waals surface area contributed by atoms with Crippen molar-refractivity contribution in [3.8, 4) is 0 Å². The third-order valence-electron chi connectivity index (χ3n) is 2.51. The number of carboxylic acids is 1. The van der Waals surface area contributed by atoms with Gasteiger partial charge in [-0.3, -0.25) is 10.1 Å². The summed E-state index contributed by atoms with van der Waals surface area (Å²) < 4.78 is 1.84. The van der Waals surface area contributed by atoms with Gasteiger partial charge in [0, 0.05) is 12.7 Å². The number of hydrogen-bond acceptors (Lipinski definition) is 3. The number of carboxylic acid groups (broad SMARTS) is 1. The van der Waals surface area contributed by atoms with Crippen LogP contribution < -0.4 is 5.32 Å². The van der Waals surface area contributed by atoms with Gasteiger partial charge in [-0.15, -0.1) is 0 Å². The fourth-order valence-electron chi connectivity index (χ4n) is 1.48. The van der Waals surface area contributed by atoms with Gasteiger partial charge in [-0.25, -0.2) is 4.98 Å². The number of aliphatic carboxylic acids is 1. The second-order valence-corrected chi connectivity index (χ2v) is 4.20. The maximum absolute atomic E-state index is 10.7. The van der Waals surface area contributed by atoms with Crippen LogP contribution in [0.25, 0.3) is 5.65 Å². The first kappa shape index (κ1) is 11.9. The van der Waals surface area contributed by atoms with Crippen LogP contribution in [0, 0.1) is 0 Å². The first-order valence-corrected chi connectivity index (χ1v) is 5.53. The Labute approximate surface area is 103 Å². The van der Waals surface area contributed by atoms with Gasteiger partial charge in [0.2, 0.25) is 0 Å². The van der Waals surface area contributed by atoms with Gasteiger partial charge in [-0.2, -0.15) is 0 Å². The molecule has 0 radical (unpaired) electrons. The summed E-state index contributed by atoms with van der Waals surface area (Å²) >= 11 is 5.90. The third-order valence-corrected chi connectivity index (χ3v) is 2.73. The summed E-state index contributed by atoms with van der Waals surface area (Å²) in [6.45, 7) is 2.02. The van der Waals surface area contributed by atoms with E-state index in [4.69, 9.17) is 16.7 Å². The molecule has 0 unspecified atom stereocenters. The van der Waals surface area contributed by atoms with Crippen LogP contribution in [0.3, 0.4) is 0 Å². The maximum Gasteiger partial charge on any atom is 0.320 e. The number of hydrogen-bond donors (Lipinski definition) is 2. The number of nitrogens with zero attached hydrogens (tertiary/aromatic N) is 2. The molecule has 6 heteroatoms. The molecule has 0 spiro atoms. The minimum Gasteiger partial charge on any atom is -0.480 e. The number of imidazole rings is 1. The van der Waals surface area contributed by atoms with Gasteiger partial charge < -0.3 is 9.51 Å². The highest BCUT2D eigenvalue weighted by Crippen LogP contribution is 2.12. The number of nitrogens with one attached hydrogen (secondary N) is 1. The lowest BCUT2D eigenvalue weighted by Crippen LogP contribution is -2.33. The molecule has 2 rings (SSSR count). The van der Waals surface area contributed by atoms with Crippen molar-refractivity contribution in [1.82, 2.24) is 14.7 Å². The Morgan fingerprint density at radius 1 is 1.65 bits per heavy atom. The Hall–Kier alpha value is -1.59. The van der Waals surface area contributed by atoms with Gasteiger partial charge in [0.25, 0.3) is 0 Å². The molecule has 0 bridgehead atoms. The van der Waals surface area contributed by atoms with Crippen LogP contribution in [0.1, 0.15) is 12.6 Å². The van der Waals surface area contributed by atoms with Crippen molar-refractivity contribution in [3.63, 3.8) is 0 Å². The first-order chi connectivity index (χ1) is 8.08. The molecule has 0 fully saturated rings. The molecule has 0 saturated heterocycles. The highest BCUT2D eigenvalue weighted by molar-refractivity contribution is 6.30. The van der Waals surface area contributed by atoms with Crippen LogP contribution in [0.15, 0.2) is 24.5 Å². The van der Waals surface area contributed by atoms with Crippen molar-refractivity contribution in [2.24, 2.45) is 0 Å². The second kappa shape index (κ2) is 4.73. The first-order valence-electron chi connectivity index (χ1n) is 5.15. The van der Waals surface area contributed by atoms with Gasteiger partial charge in [0.1, 0.15) is 11.7 Å². The smallest absolute Gasteiger partial charge is 0.320 e. The van der Waals surface area contributed by atoms with Crippen molar-refractivity contribution < 1.29 is 9.90 Å². The van der Waals surface area contributed by atoms with E-state index in [1.165, 1.54) is 0 Å². The molecule has 0 saturated carbocycles. The summed E-state index contributed by atoms with van der Waals surface area (Å²) in [5.74, 6) is -0.878. The zero-order valence-electron chi connectivity index (χ0n) is 9.22. The van der Waals surface area contributed by atoms with E-state index in [1.54, 1.807) is 25.4 Å². The Morgan fingerprint density at radius 2 is 2.41 bits per heavy atom. The summed E-state index contributed by atoms with van der Waals surface area (Å²) in [5, 5.41) is 12.3. The SMILES string of the molecule is C[C@@H](NCc1cnc2ccc(Cl)cn12)C(=O)O. The lowest BCUT2D eigenvalue weighted by Gasteiger charge is -2.08. The third kappa shape index (κ3) is 2.57. The molecule has 0 aliphatic heterocycles. The van der Waals surface area contributed by atoms with E-state index in [-0.39, 0.29) is 0 Å². The molecule has 0 aliphatic rings. The summed E-state index contributed by atoms with van der Waals surface area (Å²) in [5.41, 5.74) is 1.66. The van der Waals surface area contributed by atoms with Gasteiger partial charge in [0.05, 0.1) is 16.9 Å². The molecule has 0 aromatic carbocycles. The molecule has 0 amide bonds. The topological polar surface area (TPSA) is 66.6 Å².